The van der Waals surface area contributed by atoms with Crippen molar-refractivity contribution < 1.29 is 9.90 Å². The van der Waals surface area contributed by atoms with Gasteiger partial charge in [-0.2, -0.15) is 0 Å². The van der Waals surface area contributed by atoms with Crippen molar-refractivity contribution in [1.29, 1.82) is 0 Å². The van der Waals surface area contributed by atoms with E-state index in [-0.39, 0.29) is 0 Å². The highest BCUT2D eigenvalue weighted by Crippen LogP contribution is 2.51. The Morgan fingerprint density at radius 3 is 1.88 bits per heavy atom. The summed E-state index contributed by atoms with van der Waals surface area (Å²) in [5.41, 5.74) is 5.20. The minimum Gasteiger partial charge on any atom is -0.481 e. The molecule has 0 atom stereocenters. The van der Waals surface area contributed by atoms with Gasteiger partial charge >= 0.3 is 5.97 Å². The summed E-state index contributed by atoms with van der Waals surface area (Å²) in [5.74, 6) is -0.663. The topological polar surface area (TPSA) is 37.3 Å². The molecule has 1 aromatic rings. The largest absolute Gasteiger partial charge is 0.481 e. The molecule has 1 fully saturated rings. The van der Waals surface area contributed by atoms with Crippen LogP contribution >= 0.6 is 0 Å². The number of carboxylic acid groups (broad SMARTS) is 1. The van der Waals surface area contributed by atoms with Gasteiger partial charge in [0.2, 0.25) is 0 Å². The third kappa shape index (κ3) is 1.36. The molecule has 86 valence electrons. The SMILES string of the molecule is Cc1cc(C)c(C)c(C2(C(=O)O)CC2)c1C. The molecule has 1 aliphatic carbocycles. The minimum absolute atomic E-state index is 0.578. The van der Waals surface area contributed by atoms with Gasteiger partial charge in [-0.3, -0.25) is 4.79 Å². The summed E-state index contributed by atoms with van der Waals surface area (Å²) in [7, 11) is 0. The summed E-state index contributed by atoms with van der Waals surface area (Å²) in [6, 6.07) is 2.14. The molecule has 0 amide bonds. The lowest BCUT2D eigenvalue weighted by Gasteiger charge is -2.20. The molecule has 0 aromatic heterocycles. The van der Waals surface area contributed by atoms with E-state index in [0.29, 0.717) is 0 Å². The highest BCUT2D eigenvalue weighted by atomic mass is 16.4. The molecular formula is C14H18O2. The van der Waals surface area contributed by atoms with Crippen molar-refractivity contribution in [2.75, 3.05) is 0 Å². The lowest BCUT2D eigenvalue weighted by atomic mass is 9.84. The molecular weight excluding hydrogens is 200 g/mol. The number of hydrogen-bond acceptors (Lipinski definition) is 1. The number of carbonyl (C=O) groups is 1. The van der Waals surface area contributed by atoms with Crippen LogP contribution in [0.2, 0.25) is 0 Å². The number of aliphatic carboxylic acids is 1. The van der Waals surface area contributed by atoms with Gasteiger partial charge in [0, 0.05) is 0 Å². The van der Waals surface area contributed by atoms with E-state index < -0.39 is 11.4 Å². The average Bonchev–Trinajstić information content (AvgIpc) is 2.97. The Labute approximate surface area is 96.3 Å². The molecule has 0 aliphatic heterocycles. The van der Waals surface area contributed by atoms with E-state index in [1.165, 1.54) is 11.1 Å². The second-order valence-corrected chi connectivity index (χ2v) is 5.02. The number of carboxylic acids is 1. The zero-order valence-corrected chi connectivity index (χ0v) is 10.3. The van der Waals surface area contributed by atoms with Crippen LogP contribution in [0.25, 0.3) is 0 Å². The monoisotopic (exact) mass is 218 g/mol. The summed E-state index contributed by atoms with van der Waals surface area (Å²) in [6.07, 6.45) is 1.57. The average molecular weight is 218 g/mol. The maximum absolute atomic E-state index is 11.4. The summed E-state index contributed by atoms with van der Waals surface area (Å²) >= 11 is 0. The Balaban J connectivity index is 2.70. The predicted octanol–water partition coefficient (Wildman–Crippen LogP) is 3.04. The Kier molecular flexibility index (Phi) is 2.33. The van der Waals surface area contributed by atoms with Crippen LogP contribution in [0.4, 0.5) is 0 Å². The molecule has 1 aromatic carbocycles. The van der Waals surface area contributed by atoms with Crippen LogP contribution in [0.3, 0.4) is 0 Å². The number of aryl methyl sites for hydroxylation is 2. The van der Waals surface area contributed by atoms with Crippen LogP contribution in [0, 0.1) is 27.7 Å². The van der Waals surface area contributed by atoms with Crippen LogP contribution in [0.1, 0.15) is 40.7 Å². The van der Waals surface area contributed by atoms with Crippen molar-refractivity contribution in [2.24, 2.45) is 0 Å². The van der Waals surface area contributed by atoms with E-state index in [0.717, 1.165) is 29.5 Å². The summed E-state index contributed by atoms with van der Waals surface area (Å²) in [5, 5.41) is 9.39. The summed E-state index contributed by atoms with van der Waals surface area (Å²) in [4.78, 5) is 11.4. The van der Waals surface area contributed by atoms with E-state index in [1.54, 1.807) is 0 Å². The van der Waals surface area contributed by atoms with E-state index in [2.05, 4.69) is 19.9 Å². The van der Waals surface area contributed by atoms with E-state index in [1.807, 2.05) is 13.8 Å². The van der Waals surface area contributed by atoms with Crippen molar-refractivity contribution >= 4 is 5.97 Å². The van der Waals surface area contributed by atoms with Gasteiger partial charge in [0.1, 0.15) is 0 Å². The number of hydrogen-bond donors (Lipinski definition) is 1. The fourth-order valence-corrected chi connectivity index (χ4v) is 2.63. The van der Waals surface area contributed by atoms with Crippen molar-refractivity contribution in [3.63, 3.8) is 0 Å². The van der Waals surface area contributed by atoms with Gasteiger partial charge in [0.15, 0.2) is 0 Å². The van der Waals surface area contributed by atoms with Gasteiger partial charge in [-0.15, -0.1) is 0 Å². The smallest absolute Gasteiger partial charge is 0.314 e. The molecule has 1 N–H and O–H groups in total. The van der Waals surface area contributed by atoms with Gasteiger partial charge < -0.3 is 5.11 Å². The van der Waals surface area contributed by atoms with Crippen molar-refractivity contribution in [2.45, 2.75) is 46.0 Å². The molecule has 0 bridgehead atoms. The van der Waals surface area contributed by atoms with Gasteiger partial charge in [-0.25, -0.2) is 0 Å². The number of rotatable bonds is 2. The lowest BCUT2D eigenvalue weighted by Crippen LogP contribution is -2.22. The van der Waals surface area contributed by atoms with Crippen molar-refractivity contribution in [3.05, 3.63) is 33.9 Å². The predicted molar refractivity (Wildman–Crippen MR) is 63.9 cm³/mol. The molecule has 16 heavy (non-hydrogen) atoms. The van der Waals surface area contributed by atoms with E-state index in [4.69, 9.17) is 0 Å². The van der Waals surface area contributed by atoms with Gasteiger partial charge in [0.25, 0.3) is 0 Å². The van der Waals surface area contributed by atoms with Crippen LogP contribution in [-0.4, -0.2) is 11.1 Å². The zero-order valence-electron chi connectivity index (χ0n) is 10.3. The molecule has 0 saturated heterocycles. The van der Waals surface area contributed by atoms with Crippen LogP contribution in [-0.2, 0) is 10.2 Å². The van der Waals surface area contributed by atoms with E-state index in [9.17, 15) is 9.90 Å². The van der Waals surface area contributed by atoms with E-state index >= 15 is 0 Å². The summed E-state index contributed by atoms with van der Waals surface area (Å²) in [6.45, 7) is 8.20. The third-order valence-electron chi connectivity index (χ3n) is 4.00. The molecule has 2 nitrogen and oxygen atoms in total. The van der Waals surface area contributed by atoms with Crippen molar-refractivity contribution in [1.82, 2.24) is 0 Å². The zero-order chi connectivity index (χ0) is 12.1. The minimum atomic E-state index is -0.663. The highest BCUT2D eigenvalue weighted by molar-refractivity contribution is 5.86. The van der Waals surface area contributed by atoms with Gasteiger partial charge in [-0.05, 0) is 68.4 Å². The number of benzene rings is 1. The molecule has 0 unspecified atom stereocenters. The molecule has 0 heterocycles. The second kappa shape index (κ2) is 3.34. The first-order valence-electron chi connectivity index (χ1n) is 5.71. The van der Waals surface area contributed by atoms with Gasteiger partial charge in [0.05, 0.1) is 5.41 Å². The maximum atomic E-state index is 11.4. The van der Waals surface area contributed by atoms with Crippen LogP contribution < -0.4 is 0 Å². The molecule has 1 aliphatic rings. The first kappa shape index (κ1) is 11.2. The normalized spacial score (nSPS) is 17.2. The first-order valence-corrected chi connectivity index (χ1v) is 5.71. The Bertz CT molecular complexity index is 442. The third-order valence-corrected chi connectivity index (χ3v) is 4.00. The van der Waals surface area contributed by atoms with Crippen LogP contribution in [0.5, 0.6) is 0 Å². The standard InChI is InChI=1S/C14H18O2/c1-8-7-9(2)11(4)12(10(8)3)14(5-6-14)13(15)16/h7H,5-6H2,1-4H3,(H,15,16). The van der Waals surface area contributed by atoms with Crippen molar-refractivity contribution in [3.8, 4) is 0 Å². The molecule has 1 saturated carbocycles. The lowest BCUT2D eigenvalue weighted by molar-refractivity contribution is -0.140. The molecule has 2 rings (SSSR count). The molecule has 0 spiro atoms. The second-order valence-electron chi connectivity index (χ2n) is 5.02. The van der Waals surface area contributed by atoms with Gasteiger partial charge in [-0.1, -0.05) is 6.07 Å². The molecule has 0 radical (unpaired) electrons. The summed E-state index contributed by atoms with van der Waals surface area (Å²) < 4.78 is 0. The Hall–Kier alpha value is -1.31. The fraction of sp³-hybridized carbons (Fsp3) is 0.500. The first-order chi connectivity index (χ1) is 7.40. The maximum Gasteiger partial charge on any atom is 0.314 e. The fourth-order valence-electron chi connectivity index (χ4n) is 2.63. The highest BCUT2D eigenvalue weighted by Gasteiger charge is 2.53. The Morgan fingerprint density at radius 2 is 1.56 bits per heavy atom. The molecule has 2 heteroatoms. The Morgan fingerprint density at radius 1 is 1.12 bits per heavy atom. The quantitative estimate of drug-likeness (QED) is 0.828. The van der Waals surface area contributed by atoms with Crippen LogP contribution in [0.15, 0.2) is 6.07 Å².